The molecule has 11 heteroatoms. The molecular weight excluding hydrogens is 437 g/mol. The van der Waals surface area contributed by atoms with Crippen LogP contribution in [-0.4, -0.2) is 46.5 Å². The van der Waals surface area contributed by atoms with Gasteiger partial charge in [0.2, 0.25) is 15.9 Å². The van der Waals surface area contributed by atoms with Crippen LogP contribution < -0.4 is 14.2 Å². The van der Waals surface area contributed by atoms with Crippen LogP contribution in [0.2, 0.25) is 0 Å². The molecule has 0 aromatic heterocycles. The Hall–Kier alpha value is -2.79. The normalized spacial score (nSPS) is 11.8. The summed E-state index contributed by atoms with van der Waals surface area (Å²) in [5.41, 5.74) is -0.362. The van der Waals surface area contributed by atoms with Crippen LogP contribution in [0.1, 0.15) is 18.1 Å². The van der Waals surface area contributed by atoms with Gasteiger partial charge >= 0.3 is 6.18 Å². The van der Waals surface area contributed by atoms with Crippen molar-refractivity contribution in [2.24, 2.45) is 0 Å². The number of alkyl halides is 3. The summed E-state index contributed by atoms with van der Waals surface area (Å²) in [5.74, 6) is 0.469. The molecule has 1 amide bonds. The highest BCUT2D eigenvalue weighted by atomic mass is 32.2. The van der Waals surface area contributed by atoms with Crippen molar-refractivity contribution in [1.29, 1.82) is 0 Å². The first-order valence-electron chi connectivity index (χ1n) is 9.17. The van der Waals surface area contributed by atoms with E-state index in [2.05, 4.69) is 4.72 Å². The number of hydrogen-bond acceptors (Lipinski definition) is 5. The standard InChI is InChI=1S/C20H23F3N2O5S/c1-4-25(13-14-8-9-17(29-2)18(10-14)30-3)19(26)12-24-31(27,28)16-7-5-6-15(11-16)20(21,22)23/h5-11,24H,4,12-13H2,1-3H3. The number of rotatable bonds is 9. The average molecular weight is 460 g/mol. The lowest BCUT2D eigenvalue weighted by Gasteiger charge is -2.22. The van der Waals surface area contributed by atoms with Crippen LogP contribution in [0.3, 0.4) is 0 Å². The molecule has 0 fully saturated rings. The van der Waals surface area contributed by atoms with Crippen LogP contribution in [-0.2, 0) is 27.5 Å². The number of likely N-dealkylation sites (N-methyl/N-ethyl adjacent to an activating group) is 1. The van der Waals surface area contributed by atoms with E-state index in [0.29, 0.717) is 24.1 Å². The van der Waals surface area contributed by atoms with Crippen LogP contribution >= 0.6 is 0 Å². The number of ether oxygens (including phenoxy) is 2. The van der Waals surface area contributed by atoms with E-state index in [4.69, 9.17) is 9.47 Å². The highest BCUT2D eigenvalue weighted by Crippen LogP contribution is 2.30. The number of nitrogens with one attached hydrogen (secondary N) is 1. The minimum atomic E-state index is -4.68. The van der Waals surface area contributed by atoms with E-state index in [0.717, 1.165) is 23.8 Å². The van der Waals surface area contributed by atoms with Gasteiger partial charge in [0.1, 0.15) is 0 Å². The van der Waals surface area contributed by atoms with Gasteiger partial charge < -0.3 is 14.4 Å². The molecule has 0 unspecified atom stereocenters. The first kappa shape index (κ1) is 24.5. The summed E-state index contributed by atoms with van der Waals surface area (Å²) in [7, 11) is -1.33. The Morgan fingerprint density at radius 1 is 1.06 bits per heavy atom. The molecule has 31 heavy (non-hydrogen) atoms. The number of hydrogen-bond donors (Lipinski definition) is 1. The summed E-state index contributed by atoms with van der Waals surface area (Å²) in [5, 5.41) is 0. The predicted octanol–water partition coefficient (Wildman–Crippen LogP) is 3.05. The first-order chi connectivity index (χ1) is 14.5. The quantitative estimate of drug-likeness (QED) is 0.622. The average Bonchev–Trinajstić information content (AvgIpc) is 2.75. The van der Waals surface area contributed by atoms with Gasteiger partial charge in [-0.15, -0.1) is 0 Å². The topological polar surface area (TPSA) is 84.9 Å². The molecular formula is C20H23F3N2O5S. The fourth-order valence-corrected chi connectivity index (χ4v) is 3.79. The number of carbonyl (C=O) groups is 1. The van der Waals surface area contributed by atoms with Crippen LogP contribution in [0, 0.1) is 0 Å². The predicted molar refractivity (Wildman–Crippen MR) is 107 cm³/mol. The fourth-order valence-electron chi connectivity index (χ4n) is 2.77. The van der Waals surface area contributed by atoms with E-state index in [1.165, 1.54) is 19.1 Å². The van der Waals surface area contributed by atoms with Crippen molar-refractivity contribution < 1.29 is 35.9 Å². The molecule has 2 aromatic rings. The van der Waals surface area contributed by atoms with Crippen molar-refractivity contribution in [1.82, 2.24) is 9.62 Å². The van der Waals surface area contributed by atoms with Crippen molar-refractivity contribution in [3.8, 4) is 11.5 Å². The van der Waals surface area contributed by atoms with Crippen molar-refractivity contribution in [3.05, 3.63) is 53.6 Å². The second kappa shape index (κ2) is 10.0. The van der Waals surface area contributed by atoms with E-state index in [1.54, 1.807) is 25.1 Å². The maximum Gasteiger partial charge on any atom is 0.416 e. The molecule has 0 saturated heterocycles. The molecule has 2 rings (SSSR count). The second-order valence-corrected chi connectivity index (χ2v) is 8.21. The maximum absolute atomic E-state index is 12.8. The van der Waals surface area contributed by atoms with E-state index in [-0.39, 0.29) is 6.54 Å². The number of methoxy groups -OCH3 is 2. The van der Waals surface area contributed by atoms with Crippen molar-refractivity contribution in [2.75, 3.05) is 27.3 Å². The van der Waals surface area contributed by atoms with Crippen molar-refractivity contribution in [3.63, 3.8) is 0 Å². The highest BCUT2D eigenvalue weighted by molar-refractivity contribution is 7.89. The summed E-state index contributed by atoms with van der Waals surface area (Å²) in [4.78, 5) is 13.4. The Morgan fingerprint density at radius 2 is 1.74 bits per heavy atom. The van der Waals surface area contributed by atoms with Crippen LogP contribution in [0.5, 0.6) is 11.5 Å². The number of benzene rings is 2. The van der Waals surface area contributed by atoms with Gasteiger partial charge in [0.15, 0.2) is 11.5 Å². The maximum atomic E-state index is 12.8. The van der Waals surface area contributed by atoms with Gasteiger partial charge in [-0.25, -0.2) is 13.1 Å². The summed E-state index contributed by atoms with van der Waals surface area (Å²) >= 11 is 0. The molecule has 0 radical (unpaired) electrons. The van der Waals surface area contributed by atoms with Crippen molar-refractivity contribution >= 4 is 15.9 Å². The lowest BCUT2D eigenvalue weighted by Crippen LogP contribution is -2.39. The minimum Gasteiger partial charge on any atom is -0.493 e. The molecule has 0 aliphatic heterocycles. The second-order valence-electron chi connectivity index (χ2n) is 6.45. The summed E-state index contributed by atoms with van der Waals surface area (Å²) in [6, 6.07) is 8.44. The molecule has 2 aromatic carbocycles. The molecule has 1 N–H and O–H groups in total. The zero-order valence-electron chi connectivity index (χ0n) is 17.2. The SMILES string of the molecule is CCN(Cc1ccc(OC)c(OC)c1)C(=O)CNS(=O)(=O)c1cccc(C(F)(F)F)c1. The van der Waals surface area contributed by atoms with Crippen LogP contribution in [0.25, 0.3) is 0 Å². The largest absolute Gasteiger partial charge is 0.493 e. The van der Waals surface area contributed by atoms with Gasteiger partial charge in [-0.3, -0.25) is 4.79 Å². The Bertz CT molecular complexity index is 1030. The summed E-state index contributed by atoms with van der Waals surface area (Å²) in [6.07, 6.45) is -4.68. The Balaban J connectivity index is 2.09. The molecule has 0 aliphatic rings. The Morgan fingerprint density at radius 3 is 2.32 bits per heavy atom. The number of carbonyl (C=O) groups excluding carboxylic acids is 1. The van der Waals surface area contributed by atoms with Crippen LogP contribution in [0.4, 0.5) is 13.2 Å². The monoisotopic (exact) mass is 460 g/mol. The lowest BCUT2D eigenvalue weighted by atomic mass is 10.2. The molecule has 0 aliphatic carbocycles. The van der Waals surface area contributed by atoms with Gasteiger partial charge in [0.05, 0.1) is 31.2 Å². The zero-order valence-corrected chi connectivity index (χ0v) is 18.0. The van der Waals surface area contributed by atoms with Gasteiger partial charge in [-0.1, -0.05) is 12.1 Å². The summed E-state index contributed by atoms with van der Waals surface area (Å²) < 4.78 is 75.7. The van der Waals surface area contributed by atoms with E-state index >= 15 is 0 Å². The van der Waals surface area contributed by atoms with E-state index < -0.39 is 39.1 Å². The molecule has 0 bridgehead atoms. The third-order valence-electron chi connectivity index (χ3n) is 4.44. The zero-order chi connectivity index (χ0) is 23.2. The van der Waals surface area contributed by atoms with E-state index in [9.17, 15) is 26.4 Å². The summed E-state index contributed by atoms with van der Waals surface area (Å²) in [6.45, 7) is 1.60. The van der Waals surface area contributed by atoms with Gasteiger partial charge in [-0.05, 0) is 42.8 Å². The van der Waals surface area contributed by atoms with E-state index in [1.807, 2.05) is 0 Å². The highest BCUT2D eigenvalue weighted by Gasteiger charge is 2.31. The smallest absolute Gasteiger partial charge is 0.416 e. The molecule has 7 nitrogen and oxygen atoms in total. The number of sulfonamides is 1. The number of nitrogens with zero attached hydrogens (tertiary/aromatic N) is 1. The number of halogens is 3. The Kier molecular flexibility index (Phi) is 7.91. The molecule has 170 valence electrons. The first-order valence-corrected chi connectivity index (χ1v) is 10.7. The van der Waals surface area contributed by atoms with Crippen molar-refractivity contribution in [2.45, 2.75) is 24.5 Å². The number of amides is 1. The van der Waals surface area contributed by atoms with Crippen LogP contribution in [0.15, 0.2) is 47.4 Å². The minimum absolute atomic E-state index is 0.182. The van der Waals surface area contributed by atoms with Gasteiger partial charge in [-0.2, -0.15) is 13.2 Å². The molecule has 0 heterocycles. The third kappa shape index (κ3) is 6.34. The third-order valence-corrected chi connectivity index (χ3v) is 5.84. The molecule has 0 atom stereocenters. The fraction of sp³-hybridized carbons (Fsp3) is 0.350. The molecule has 0 spiro atoms. The van der Waals surface area contributed by atoms with Gasteiger partial charge in [0, 0.05) is 13.1 Å². The lowest BCUT2D eigenvalue weighted by molar-refractivity contribution is -0.137. The molecule has 0 saturated carbocycles. The van der Waals surface area contributed by atoms with Gasteiger partial charge in [0.25, 0.3) is 0 Å². The Labute approximate surface area is 178 Å².